The van der Waals surface area contributed by atoms with E-state index >= 15 is 0 Å². The van der Waals surface area contributed by atoms with Crippen LogP contribution in [-0.4, -0.2) is 33.1 Å². The Morgan fingerprint density at radius 1 is 1.47 bits per heavy atom. The Hall–Kier alpha value is -1.14. The summed E-state index contributed by atoms with van der Waals surface area (Å²) in [4.78, 5) is 0. The maximum atomic E-state index is 13.3. The van der Waals surface area contributed by atoms with Gasteiger partial charge in [0, 0.05) is 17.7 Å². The van der Waals surface area contributed by atoms with Gasteiger partial charge in [-0.05, 0) is 26.5 Å². The van der Waals surface area contributed by atoms with Crippen molar-refractivity contribution in [3.63, 3.8) is 0 Å². The molecule has 1 aliphatic rings. The number of hydrogen-bond acceptors (Lipinski definition) is 4. The van der Waals surface area contributed by atoms with E-state index < -0.39 is 9.84 Å². The van der Waals surface area contributed by atoms with Gasteiger partial charge in [-0.3, -0.25) is 0 Å². The van der Waals surface area contributed by atoms with E-state index in [9.17, 15) is 12.8 Å². The van der Waals surface area contributed by atoms with E-state index in [1.165, 1.54) is 12.1 Å². The molecule has 0 aliphatic carbocycles. The first-order valence-corrected chi connectivity index (χ1v) is 8.07. The highest BCUT2D eigenvalue weighted by Crippen LogP contribution is 2.28. The fourth-order valence-electron chi connectivity index (χ4n) is 2.16. The summed E-state index contributed by atoms with van der Waals surface area (Å²) in [5.41, 5.74) is 0.827. The molecular weight excluding hydrogens is 269 g/mol. The molecule has 19 heavy (non-hydrogen) atoms. The molecule has 6 heteroatoms. The van der Waals surface area contributed by atoms with Crippen LogP contribution in [0.1, 0.15) is 24.9 Å². The quantitative estimate of drug-likeness (QED) is 0.915. The summed E-state index contributed by atoms with van der Waals surface area (Å²) in [5, 5.41) is 3.06. The minimum Gasteiger partial charge on any atom is -0.489 e. The first-order chi connectivity index (χ1) is 8.91. The predicted octanol–water partition coefficient (Wildman–Crippen LogP) is 1.67. The van der Waals surface area contributed by atoms with Crippen LogP contribution in [0.5, 0.6) is 5.75 Å². The second kappa shape index (κ2) is 5.46. The summed E-state index contributed by atoms with van der Waals surface area (Å²) < 4.78 is 41.8. The minimum absolute atomic E-state index is 0.00797. The van der Waals surface area contributed by atoms with Crippen molar-refractivity contribution < 1.29 is 17.5 Å². The molecule has 2 unspecified atom stereocenters. The highest BCUT2D eigenvalue weighted by Gasteiger charge is 2.30. The lowest BCUT2D eigenvalue weighted by atomic mass is 10.1. The molecule has 0 amide bonds. The minimum atomic E-state index is -3.00. The molecule has 1 heterocycles. The van der Waals surface area contributed by atoms with Crippen LogP contribution in [0.15, 0.2) is 18.2 Å². The number of hydrogen-bond donors (Lipinski definition) is 1. The van der Waals surface area contributed by atoms with Crippen molar-refractivity contribution in [1.82, 2.24) is 5.32 Å². The van der Waals surface area contributed by atoms with Gasteiger partial charge < -0.3 is 10.1 Å². The molecule has 1 fully saturated rings. The maximum absolute atomic E-state index is 13.3. The summed E-state index contributed by atoms with van der Waals surface area (Å²) >= 11 is 0. The molecule has 2 atom stereocenters. The Bertz CT molecular complexity index is 559. The second-order valence-electron chi connectivity index (χ2n) is 4.84. The Morgan fingerprint density at radius 3 is 2.79 bits per heavy atom. The zero-order valence-corrected chi connectivity index (χ0v) is 11.8. The van der Waals surface area contributed by atoms with E-state index in [1.807, 2.05) is 6.92 Å². The Labute approximate surface area is 112 Å². The van der Waals surface area contributed by atoms with Gasteiger partial charge in [-0.15, -0.1) is 0 Å². The highest BCUT2D eigenvalue weighted by atomic mass is 32.2. The lowest BCUT2D eigenvalue weighted by Gasteiger charge is -2.19. The molecule has 1 aromatic rings. The van der Waals surface area contributed by atoms with Gasteiger partial charge in [0.2, 0.25) is 0 Å². The van der Waals surface area contributed by atoms with Crippen molar-refractivity contribution in [2.75, 3.05) is 18.6 Å². The van der Waals surface area contributed by atoms with E-state index in [0.717, 1.165) is 5.56 Å². The number of rotatable bonds is 4. The maximum Gasteiger partial charge on any atom is 0.154 e. The van der Waals surface area contributed by atoms with E-state index in [1.54, 1.807) is 13.1 Å². The third kappa shape index (κ3) is 3.45. The van der Waals surface area contributed by atoms with Gasteiger partial charge in [0.1, 0.15) is 17.7 Å². The summed E-state index contributed by atoms with van der Waals surface area (Å²) in [5.74, 6) is 0.188. The molecule has 0 saturated carbocycles. The lowest BCUT2D eigenvalue weighted by molar-refractivity contribution is 0.224. The van der Waals surface area contributed by atoms with Crippen molar-refractivity contribution in [3.05, 3.63) is 29.6 Å². The van der Waals surface area contributed by atoms with Crippen molar-refractivity contribution in [1.29, 1.82) is 0 Å². The molecule has 106 valence electrons. The van der Waals surface area contributed by atoms with Crippen molar-refractivity contribution in [2.24, 2.45) is 0 Å². The van der Waals surface area contributed by atoms with Crippen LogP contribution in [0, 0.1) is 5.82 Å². The normalized spacial score (nSPS) is 23.2. The highest BCUT2D eigenvalue weighted by molar-refractivity contribution is 7.91. The molecule has 2 rings (SSSR count). The van der Waals surface area contributed by atoms with Gasteiger partial charge in [-0.1, -0.05) is 6.07 Å². The number of halogens is 1. The van der Waals surface area contributed by atoms with Gasteiger partial charge >= 0.3 is 0 Å². The summed E-state index contributed by atoms with van der Waals surface area (Å²) in [6.07, 6.45) is 0.0845. The monoisotopic (exact) mass is 287 g/mol. The van der Waals surface area contributed by atoms with Crippen LogP contribution in [0.25, 0.3) is 0 Å². The van der Waals surface area contributed by atoms with E-state index in [0.29, 0.717) is 12.2 Å². The van der Waals surface area contributed by atoms with Crippen molar-refractivity contribution in [3.8, 4) is 5.75 Å². The Morgan fingerprint density at radius 2 is 2.21 bits per heavy atom. The fraction of sp³-hybridized carbons (Fsp3) is 0.538. The SMILES string of the molecule is CNC(C)c1ccc(F)cc1OC1CCS(=O)(=O)C1. The largest absolute Gasteiger partial charge is 0.489 e. The number of ether oxygens (including phenoxy) is 1. The molecule has 4 nitrogen and oxygen atoms in total. The Balaban J connectivity index is 2.21. The first-order valence-electron chi connectivity index (χ1n) is 6.25. The zero-order valence-electron chi connectivity index (χ0n) is 11.0. The standard InChI is InChI=1S/C13H18FNO3S/c1-9(15-2)12-4-3-10(14)7-13(12)18-11-5-6-19(16,17)8-11/h3-4,7,9,11,15H,5-6,8H2,1-2H3. The van der Waals surface area contributed by atoms with Crippen molar-refractivity contribution in [2.45, 2.75) is 25.5 Å². The molecule has 0 bridgehead atoms. The van der Waals surface area contributed by atoms with Crippen LogP contribution in [0.3, 0.4) is 0 Å². The Kier molecular flexibility index (Phi) is 4.10. The predicted molar refractivity (Wildman–Crippen MR) is 71.6 cm³/mol. The van der Waals surface area contributed by atoms with Gasteiger partial charge in [0.25, 0.3) is 0 Å². The van der Waals surface area contributed by atoms with Gasteiger partial charge in [0.05, 0.1) is 11.5 Å². The summed E-state index contributed by atoms with van der Waals surface area (Å²) in [7, 11) is -1.20. The lowest BCUT2D eigenvalue weighted by Crippen LogP contribution is -2.20. The van der Waals surface area contributed by atoms with E-state index in [4.69, 9.17) is 4.74 Å². The third-order valence-electron chi connectivity index (χ3n) is 3.36. The van der Waals surface area contributed by atoms with E-state index in [2.05, 4.69) is 5.32 Å². The number of benzene rings is 1. The average molecular weight is 287 g/mol. The molecule has 1 aliphatic heterocycles. The summed E-state index contributed by atoms with van der Waals surface area (Å²) in [6.45, 7) is 1.94. The fourth-order valence-corrected chi connectivity index (χ4v) is 3.75. The van der Waals surface area contributed by atoms with E-state index in [-0.39, 0.29) is 29.5 Å². The van der Waals surface area contributed by atoms with Crippen LogP contribution >= 0.6 is 0 Å². The van der Waals surface area contributed by atoms with Gasteiger partial charge in [-0.2, -0.15) is 0 Å². The van der Waals surface area contributed by atoms with Crippen molar-refractivity contribution >= 4 is 9.84 Å². The molecule has 0 radical (unpaired) electrons. The third-order valence-corrected chi connectivity index (χ3v) is 5.10. The summed E-state index contributed by atoms with van der Waals surface area (Å²) in [6, 6.07) is 4.36. The topological polar surface area (TPSA) is 55.4 Å². The average Bonchev–Trinajstić information content (AvgIpc) is 2.68. The van der Waals surface area contributed by atoms with Crippen LogP contribution in [0.4, 0.5) is 4.39 Å². The molecular formula is C13H18FNO3S. The molecule has 0 aromatic heterocycles. The van der Waals surface area contributed by atoms with Crippen LogP contribution < -0.4 is 10.1 Å². The second-order valence-corrected chi connectivity index (χ2v) is 7.06. The zero-order chi connectivity index (χ0) is 14.0. The number of sulfone groups is 1. The van der Waals surface area contributed by atoms with Crippen LogP contribution in [0.2, 0.25) is 0 Å². The molecule has 1 aromatic carbocycles. The van der Waals surface area contributed by atoms with Gasteiger partial charge in [-0.25, -0.2) is 12.8 Å². The molecule has 1 saturated heterocycles. The van der Waals surface area contributed by atoms with Gasteiger partial charge in [0.15, 0.2) is 9.84 Å². The number of nitrogens with one attached hydrogen (secondary N) is 1. The first kappa shape index (κ1) is 14.3. The molecule has 1 N–H and O–H groups in total. The smallest absolute Gasteiger partial charge is 0.154 e. The molecule has 0 spiro atoms. The van der Waals surface area contributed by atoms with Crippen LogP contribution in [-0.2, 0) is 9.84 Å².